The van der Waals surface area contributed by atoms with Crippen LogP contribution in [0.15, 0.2) is 61.2 Å². The molecule has 4 heterocycles. The summed E-state index contributed by atoms with van der Waals surface area (Å²) in [6.07, 6.45) is 7.56. The van der Waals surface area contributed by atoms with Gasteiger partial charge in [0.15, 0.2) is 0 Å². The van der Waals surface area contributed by atoms with Gasteiger partial charge in [-0.05, 0) is 55.7 Å². The normalized spacial score (nSPS) is 15.3. The van der Waals surface area contributed by atoms with E-state index >= 15 is 0 Å². The van der Waals surface area contributed by atoms with E-state index in [2.05, 4.69) is 21.8 Å². The number of carbonyl (C=O) groups excluding carboxylic acids is 1. The standard InChI is InChI=1S/C25H20ClN5O2/c1-2-3-23(32)30-13-10-18(16-30)31-25-21(14-28-15-22(25)26)24(29-31)17-4-6-19(7-5-17)33-20-8-11-27-12-9-20/h4-9,11-12,14-15,18H,10,13,16H2,1H3/t18-/m1/s1. The van der Waals surface area contributed by atoms with Gasteiger partial charge in [0.2, 0.25) is 0 Å². The topological polar surface area (TPSA) is 73.1 Å². The summed E-state index contributed by atoms with van der Waals surface area (Å²) in [5.74, 6) is 6.57. The van der Waals surface area contributed by atoms with Crippen molar-refractivity contribution in [1.29, 1.82) is 0 Å². The van der Waals surface area contributed by atoms with Crippen LogP contribution in [-0.4, -0.2) is 43.6 Å². The van der Waals surface area contributed by atoms with Crippen LogP contribution in [0.4, 0.5) is 0 Å². The van der Waals surface area contributed by atoms with Gasteiger partial charge in [0.05, 0.1) is 16.6 Å². The van der Waals surface area contributed by atoms with Gasteiger partial charge in [0, 0.05) is 48.8 Å². The molecule has 1 aliphatic heterocycles. The maximum absolute atomic E-state index is 12.2. The summed E-state index contributed by atoms with van der Waals surface area (Å²) >= 11 is 6.55. The minimum Gasteiger partial charge on any atom is -0.457 e. The largest absolute Gasteiger partial charge is 0.457 e. The second-order valence-electron chi connectivity index (χ2n) is 7.69. The van der Waals surface area contributed by atoms with Gasteiger partial charge in [0.25, 0.3) is 5.91 Å². The lowest BCUT2D eigenvalue weighted by atomic mass is 10.1. The molecule has 0 N–H and O–H groups in total. The second kappa shape index (κ2) is 8.93. The van der Waals surface area contributed by atoms with E-state index in [1.165, 1.54) is 0 Å². The Morgan fingerprint density at radius 1 is 1.09 bits per heavy atom. The number of hydrogen-bond donors (Lipinski definition) is 0. The molecule has 1 fully saturated rings. The van der Waals surface area contributed by atoms with Crippen molar-refractivity contribution in [1.82, 2.24) is 24.6 Å². The molecule has 1 saturated heterocycles. The van der Waals surface area contributed by atoms with E-state index in [0.717, 1.165) is 34.3 Å². The van der Waals surface area contributed by atoms with Crippen molar-refractivity contribution < 1.29 is 9.53 Å². The van der Waals surface area contributed by atoms with E-state index in [0.29, 0.717) is 23.9 Å². The van der Waals surface area contributed by atoms with Crippen LogP contribution >= 0.6 is 11.6 Å². The van der Waals surface area contributed by atoms with Gasteiger partial charge < -0.3 is 9.64 Å². The molecule has 0 unspecified atom stereocenters. The van der Waals surface area contributed by atoms with E-state index in [1.807, 2.05) is 28.9 Å². The number of rotatable bonds is 4. The summed E-state index contributed by atoms with van der Waals surface area (Å²) < 4.78 is 7.80. The Labute approximate surface area is 196 Å². The number of likely N-dealkylation sites (tertiary alicyclic amines) is 1. The lowest BCUT2D eigenvalue weighted by molar-refractivity contribution is -0.124. The van der Waals surface area contributed by atoms with Crippen LogP contribution in [0.5, 0.6) is 11.5 Å². The van der Waals surface area contributed by atoms with E-state index < -0.39 is 0 Å². The first-order valence-corrected chi connectivity index (χ1v) is 10.9. The molecule has 33 heavy (non-hydrogen) atoms. The highest BCUT2D eigenvalue weighted by Crippen LogP contribution is 2.36. The highest BCUT2D eigenvalue weighted by Gasteiger charge is 2.30. The molecule has 4 aromatic rings. The van der Waals surface area contributed by atoms with Crippen LogP contribution in [-0.2, 0) is 4.79 Å². The van der Waals surface area contributed by atoms with Gasteiger partial charge in [-0.1, -0.05) is 17.5 Å². The Bertz CT molecular complexity index is 1370. The van der Waals surface area contributed by atoms with Crippen molar-refractivity contribution in [3.8, 4) is 34.6 Å². The molecule has 164 valence electrons. The van der Waals surface area contributed by atoms with Crippen LogP contribution in [0, 0.1) is 11.8 Å². The number of nitrogens with zero attached hydrogens (tertiary/aromatic N) is 5. The number of carbonyl (C=O) groups is 1. The lowest BCUT2D eigenvalue weighted by Crippen LogP contribution is -2.27. The maximum Gasteiger partial charge on any atom is 0.298 e. The van der Waals surface area contributed by atoms with E-state index in [4.69, 9.17) is 21.4 Å². The molecule has 0 spiro atoms. The summed E-state index contributed by atoms with van der Waals surface area (Å²) in [5, 5.41) is 6.32. The van der Waals surface area contributed by atoms with Crippen LogP contribution in [0.1, 0.15) is 19.4 Å². The fourth-order valence-corrected chi connectivity index (χ4v) is 4.30. The summed E-state index contributed by atoms with van der Waals surface area (Å²) in [7, 11) is 0. The molecule has 0 saturated carbocycles. The van der Waals surface area contributed by atoms with Gasteiger partial charge in [-0.25, -0.2) is 0 Å². The molecule has 1 aliphatic rings. The molecule has 5 rings (SSSR count). The molecule has 8 heteroatoms. The Hall–Kier alpha value is -3.89. The van der Waals surface area contributed by atoms with Crippen molar-refractivity contribution >= 4 is 28.4 Å². The number of amides is 1. The zero-order valence-electron chi connectivity index (χ0n) is 17.9. The van der Waals surface area contributed by atoms with Crippen molar-refractivity contribution in [2.24, 2.45) is 0 Å². The first kappa shape index (κ1) is 21.0. The van der Waals surface area contributed by atoms with Crippen molar-refractivity contribution in [2.75, 3.05) is 13.1 Å². The number of benzene rings is 1. The Morgan fingerprint density at radius 3 is 2.61 bits per heavy atom. The van der Waals surface area contributed by atoms with Crippen LogP contribution in [0.3, 0.4) is 0 Å². The fraction of sp³-hybridized carbons (Fsp3) is 0.200. The molecule has 0 aliphatic carbocycles. The molecule has 1 aromatic carbocycles. The SMILES string of the molecule is CC#CC(=O)N1CC[C@@H](n2nc(-c3ccc(Oc4ccncc4)cc3)c3cncc(Cl)c32)C1. The summed E-state index contributed by atoms with van der Waals surface area (Å²) in [4.78, 5) is 22.3. The van der Waals surface area contributed by atoms with Crippen molar-refractivity contribution in [2.45, 2.75) is 19.4 Å². The average molecular weight is 458 g/mol. The molecule has 7 nitrogen and oxygen atoms in total. The number of pyridine rings is 2. The number of aromatic nitrogens is 4. The summed E-state index contributed by atoms with van der Waals surface area (Å²) in [5.41, 5.74) is 2.53. The van der Waals surface area contributed by atoms with Crippen molar-refractivity contribution in [3.63, 3.8) is 0 Å². The van der Waals surface area contributed by atoms with E-state index in [-0.39, 0.29) is 11.9 Å². The number of hydrogen-bond acceptors (Lipinski definition) is 5. The highest BCUT2D eigenvalue weighted by molar-refractivity contribution is 6.35. The summed E-state index contributed by atoms with van der Waals surface area (Å²) in [6.45, 7) is 2.85. The minimum absolute atomic E-state index is 0.0121. The highest BCUT2D eigenvalue weighted by atomic mass is 35.5. The maximum atomic E-state index is 12.2. The predicted molar refractivity (Wildman–Crippen MR) is 126 cm³/mol. The van der Waals surface area contributed by atoms with Gasteiger partial charge in [-0.3, -0.25) is 19.4 Å². The Morgan fingerprint density at radius 2 is 1.85 bits per heavy atom. The monoisotopic (exact) mass is 457 g/mol. The van der Waals surface area contributed by atoms with Crippen LogP contribution < -0.4 is 4.74 Å². The fourth-order valence-electron chi connectivity index (χ4n) is 4.06. The molecule has 0 radical (unpaired) electrons. The Balaban J connectivity index is 1.48. The zero-order chi connectivity index (χ0) is 22.8. The van der Waals surface area contributed by atoms with Crippen LogP contribution in [0.25, 0.3) is 22.2 Å². The molecule has 1 atom stereocenters. The Kier molecular flexibility index (Phi) is 5.68. The lowest BCUT2D eigenvalue weighted by Gasteiger charge is -2.14. The van der Waals surface area contributed by atoms with Crippen molar-refractivity contribution in [3.05, 3.63) is 66.2 Å². The molecular formula is C25H20ClN5O2. The summed E-state index contributed by atoms with van der Waals surface area (Å²) in [6, 6.07) is 11.3. The number of fused-ring (bicyclic) bond motifs is 1. The third-order valence-corrected chi connectivity index (χ3v) is 5.88. The third kappa shape index (κ3) is 4.13. The van der Waals surface area contributed by atoms with Gasteiger partial charge in [0.1, 0.15) is 17.2 Å². The average Bonchev–Trinajstić information content (AvgIpc) is 3.47. The quantitative estimate of drug-likeness (QED) is 0.414. The molecule has 0 bridgehead atoms. The van der Waals surface area contributed by atoms with Gasteiger partial charge >= 0.3 is 0 Å². The smallest absolute Gasteiger partial charge is 0.298 e. The molecule has 3 aromatic heterocycles. The predicted octanol–water partition coefficient (Wildman–Crippen LogP) is 4.74. The molecule has 1 amide bonds. The van der Waals surface area contributed by atoms with Gasteiger partial charge in [-0.2, -0.15) is 5.10 Å². The van der Waals surface area contributed by atoms with E-state index in [9.17, 15) is 4.79 Å². The second-order valence-corrected chi connectivity index (χ2v) is 8.10. The number of halogens is 1. The van der Waals surface area contributed by atoms with Crippen LogP contribution in [0.2, 0.25) is 5.02 Å². The van der Waals surface area contributed by atoms with Gasteiger partial charge in [-0.15, -0.1) is 0 Å². The zero-order valence-corrected chi connectivity index (χ0v) is 18.7. The first-order valence-electron chi connectivity index (χ1n) is 10.6. The first-order chi connectivity index (χ1) is 16.1. The van der Waals surface area contributed by atoms with E-state index in [1.54, 1.807) is 48.7 Å². The number of ether oxygens (including phenoxy) is 1. The molecular weight excluding hydrogens is 438 g/mol. The minimum atomic E-state index is -0.158. The third-order valence-electron chi connectivity index (χ3n) is 5.61.